The number of nitroso groups, excluding NO2 is 1. The molecule has 3 aromatic rings. The van der Waals surface area contributed by atoms with E-state index in [0.29, 0.717) is 24.4 Å². The molecule has 0 unspecified atom stereocenters. The molecule has 1 aliphatic carbocycles. The van der Waals surface area contributed by atoms with Crippen LogP contribution in [0.3, 0.4) is 0 Å². The molecule has 2 heterocycles. The average Bonchev–Trinajstić information content (AvgIpc) is 3.52. The summed E-state index contributed by atoms with van der Waals surface area (Å²) in [7, 11) is 5.83. The van der Waals surface area contributed by atoms with Crippen LogP contribution in [0.1, 0.15) is 40.2 Å². The highest BCUT2D eigenvalue weighted by Gasteiger charge is 2.44. The number of aromatic nitrogens is 2. The first-order chi connectivity index (χ1) is 16.5. The molecule has 176 valence electrons. The fraction of sp³-hybridized carbons (Fsp3) is 0.385. The highest BCUT2D eigenvalue weighted by Crippen LogP contribution is 2.48. The van der Waals surface area contributed by atoms with Crippen LogP contribution in [-0.2, 0) is 18.4 Å². The van der Waals surface area contributed by atoms with Crippen molar-refractivity contribution in [1.29, 1.82) is 0 Å². The Kier molecular flexibility index (Phi) is 5.69. The number of fused-ring (bicyclic) bond motifs is 1. The van der Waals surface area contributed by atoms with Crippen molar-refractivity contribution in [2.75, 3.05) is 39.2 Å². The van der Waals surface area contributed by atoms with Crippen LogP contribution < -0.4 is 9.64 Å². The second kappa shape index (κ2) is 8.68. The number of anilines is 1. The van der Waals surface area contributed by atoms with Gasteiger partial charge in [0.15, 0.2) is 0 Å². The number of rotatable bonds is 8. The van der Waals surface area contributed by atoms with Crippen molar-refractivity contribution in [3.8, 4) is 11.4 Å². The van der Waals surface area contributed by atoms with Gasteiger partial charge < -0.3 is 14.5 Å². The molecule has 0 radical (unpaired) electrons. The second-order valence-electron chi connectivity index (χ2n) is 9.44. The Balaban J connectivity index is 1.48. The summed E-state index contributed by atoms with van der Waals surface area (Å²) in [6.45, 7) is 1.52. The third-order valence-corrected chi connectivity index (χ3v) is 6.89. The van der Waals surface area contributed by atoms with Crippen LogP contribution in [-0.4, -0.2) is 54.9 Å². The maximum absolute atomic E-state index is 13.7. The van der Waals surface area contributed by atoms with Gasteiger partial charge in [-0.1, -0.05) is 17.3 Å². The summed E-state index contributed by atoms with van der Waals surface area (Å²) in [6, 6.07) is 15.8. The molecule has 2 aliphatic rings. The number of benzene rings is 2. The van der Waals surface area contributed by atoms with E-state index in [-0.39, 0.29) is 17.9 Å². The molecule has 1 aromatic heterocycles. The predicted molar refractivity (Wildman–Crippen MR) is 131 cm³/mol. The minimum Gasteiger partial charge on any atom is -0.497 e. The van der Waals surface area contributed by atoms with Gasteiger partial charge in [0.05, 0.1) is 18.5 Å². The molecule has 0 spiro atoms. The molecule has 2 aromatic carbocycles. The van der Waals surface area contributed by atoms with Gasteiger partial charge in [-0.3, -0.25) is 4.79 Å². The van der Waals surface area contributed by atoms with Crippen molar-refractivity contribution in [1.82, 2.24) is 14.7 Å². The van der Waals surface area contributed by atoms with Crippen molar-refractivity contribution in [2.24, 2.45) is 5.18 Å². The number of methoxy groups -OCH3 is 1. The molecule has 1 aliphatic heterocycles. The second-order valence-corrected chi connectivity index (χ2v) is 9.44. The molecule has 1 fully saturated rings. The van der Waals surface area contributed by atoms with E-state index in [1.807, 2.05) is 24.3 Å². The minimum atomic E-state index is -0.121. The Hall–Kier alpha value is -3.52. The monoisotopic (exact) mass is 459 g/mol. The summed E-state index contributed by atoms with van der Waals surface area (Å²) >= 11 is 0. The summed E-state index contributed by atoms with van der Waals surface area (Å²) in [5, 5.41) is 7.63. The lowest BCUT2D eigenvalue weighted by Gasteiger charge is -2.28. The van der Waals surface area contributed by atoms with E-state index in [9.17, 15) is 9.70 Å². The van der Waals surface area contributed by atoms with Gasteiger partial charge in [-0.15, -0.1) is 0 Å². The number of hydrogen-bond donors (Lipinski definition) is 0. The highest BCUT2D eigenvalue weighted by atomic mass is 16.5. The molecule has 5 rings (SSSR count). The molecular formula is C26H29N5O3. The van der Waals surface area contributed by atoms with E-state index in [2.05, 4.69) is 53.5 Å². The number of hydrogen-bond acceptors (Lipinski definition) is 6. The van der Waals surface area contributed by atoms with Gasteiger partial charge in [0.1, 0.15) is 18.0 Å². The van der Waals surface area contributed by atoms with Crippen LogP contribution in [0.15, 0.2) is 53.7 Å². The summed E-state index contributed by atoms with van der Waals surface area (Å²) in [6.07, 6.45) is 3.02. The van der Waals surface area contributed by atoms with Gasteiger partial charge >= 0.3 is 0 Å². The van der Waals surface area contributed by atoms with E-state index >= 15 is 0 Å². The third kappa shape index (κ3) is 3.88. The number of ether oxygens (including phenoxy) is 1. The zero-order valence-corrected chi connectivity index (χ0v) is 19.8. The SMILES string of the molecule is COc1ccc(-n2nc(CN=O)c3c2C(=O)N(c2ccc(C4(CN(C)C)CC4)cc2)CC3)cc1. The molecule has 8 heteroatoms. The van der Waals surface area contributed by atoms with Gasteiger partial charge in [0.2, 0.25) is 0 Å². The van der Waals surface area contributed by atoms with Gasteiger partial charge in [-0.05, 0) is 75.3 Å². The van der Waals surface area contributed by atoms with Crippen molar-refractivity contribution in [3.63, 3.8) is 0 Å². The number of nitrogens with zero attached hydrogens (tertiary/aromatic N) is 5. The van der Waals surface area contributed by atoms with Gasteiger partial charge in [-0.25, -0.2) is 4.68 Å². The normalized spacial score (nSPS) is 16.5. The van der Waals surface area contributed by atoms with Crippen molar-refractivity contribution in [2.45, 2.75) is 31.2 Å². The van der Waals surface area contributed by atoms with E-state index in [4.69, 9.17) is 4.74 Å². The van der Waals surface area contributed by atoms with E-state index < -0.39 is 0 Å². The molecule has 0 atom stereocenters. The Morgan fingerprint density at radius 1 is 1.06 bits per heavy atom. The lowest BCUT2D eigenvalue weighted by molar-refractivity contribution is 0.0973. The maximum Gasteiger partial charge on any atom is 0.277 e. The summed E-state index contributed by atoms with van der Waals surface area (Å²) in [4.78, 5) is 28.8. The third-order valence-electron chi connectivity index (χ3n) is 6.89. The zero-order valence-electron chi connectivity index (χ0n) is 19.8. The maximum atomic E-state index is 13.7. The quantitative estimate of drug-likeness (QED) is 0.477. The first-order valence-electron chi connectivity index (χ1n) is 11.6. The van der Waals surface area contributed by atoms with Crippen LogP contribution in [0.2, 0.25) is 0 Å². The number of carbonyl (C=O) groups excluding carboxylic acids is 1. The molecule has 1 saturated carbocycles. The lowest BCUT2D eigenvalue weighted by atomic mass is 9.95. The first kappa shape index (κ1) is 22.3. The lowest BCUT2D eigenvalue weighted by Crippen LogP contribution is -2.39. The van der Waals surface area contributed by atoms with Gasteiger partial charge in [0, 0.05) is 29.8 Å². The molecular weight excluding hydrogens is 430 g/mol. The standard InChI is InChI=1S/C26H29N5O3/c1-29(2)17-26(13-14-26)18-4-6-19(7-5-18)30-15-12-22-23(16-27-33)28-31(24(22)25(30)32)20-8-10-21(34-3)11-9-20/h4-11H,12-17H2,1-3H3. The van der Waals surface area contributed by atoms with Crippen LogP contribution in [0, 0.1) is 4.91 Å². The largest absolute Gasteiger partial charge is 0.497 e. The minimum absolute atomic E-state index is 0.0541. The molecule has 0 bridgehead atoms. The average molecular weight is 460 g/mol. The molecule has 34 heavy (non-hydrogen) atoms. The molecule has 0 saturated heterocycles. The fourth-order valence-electron chi connectivity index (χ4n) is 5.06. The van der Waals surface area contributed by atoms with Crippen molar-refractivity contribution in [3.05, 3.63) is 76.0 Å². The Morgan fingerprint density at radius 2 is 1.74 bits per heavy atom. The topological polar surface area (TPSA) is 80.0 Å². The number of likely N-dealkylation sites (N-methyl/N-ethyl adjacent to an activating group) is 1. The predicted octanol–water partition coefficient (Wildman–Crippen LogP) is 3.94. The van der Waals surface area contributed by atoms with E-state index in [1.165, 1.54) is 18.4 Å². The Labute approximate surface area is 199 Å². The summed E-state index contributed by atoms with van der Waals surface area (Å²) in [5.74, 6) is 0.596. The van der Waals surface area contributed by atoms with Crippen LogP contribution in [0.25, 0.3) is 5.69 Å². The molecule has 0 N–H and O–H groups in total. The number of amides is 1. The zero-order chi connectivity index (χ0) is 23.9. The molecule has 1 amide bonds. The van der Waals surface area contributed by atoms with Gasteiger partial charge in [0.25, 0.3) is 5.91 Å². The van der Waals surface area contributed by atoms with Crippen LogP contribution in [0.5, 0.6) is 5.75 Å². The van der Waals surface area contributed by atoms with Crippen LogP contribution >= 0.6 is 0 Å². The first-order valence-corrected chi connectivity index (χ1v) is 11.6. The smallest absolute Gasteiger partial charge is 0.277 e. The van der Waals surface area contributed by atoms with Gasteiger partial charge in [-0.2, -0.15) is 10.0 Å². The summed E-state index contributed by atoms with van der Waals surface area (Å²) in [5.41, 5.74) is 5.03. The Morgan fingerprint density at radius 3 is 2.32 bits per heavy atom. The van der Waals surface area contributed by atoms with Crippen molar-refractivity contribution >= 4 is 11.6 Å². The fourth-order valence-corrected chi connectivity index (χ4v) is 5.06. The highest BCUT2D eigenvalue weighted by molar-refractivity contribution is 6.07. The Bertz CT molecular complexity index is 1210. The van der Waals surface area contributed by atoms with Crippen molar-refractivity contribution < 1.29 is 9.53 Å². The summed E-state index contributed by atoms with van der Waals surface area (Å²) < 4.78 is 6.89. The van der Waals surface area contributed by atoms with E-state index in [1.54, 1.807) is 16.7 Å². The van der Waals surface area contributed by atoms with E-state index in [0.717, 1.165) is 29.2 Å². The number of carbonyl (C=O) groups is 1. The molecule has 8 nitrogen and oxygen atoms in total. The van der Waals surface area contributed by atoms with Crippen LogP contribution in [0.4, 0.5) is 5.69 Å².